The molecule has 18 heavy (non-hydrogen) atoms. The molecule has 1 aliphatic rings. The molecule has 2 rings (SSSR count). The van der Waals surface area contributed by atoms with Gasteiger partial charge < -0.3 is 11.0 Å². The summed E-state index contributed by atoms with van der Waals surface area (Å²) in [6.45, 7) is 3.50. The predicted molar refractivity (Wildman–Crippen MR) is 69.1 cm³/mol. The number of amides is 1. The predicted octanol–water partition coefficient (Wildman–Crippen LogP) is -0.486. The van der Waals surface area contributed by atoms with Crippen molar-refractivity contribution < 1.29 is 15.7 Å². The molecule has 0 aromatic heterocycles. The number of hydrogen-bond donors (Lipinski definition) is 0. The van der Waals surface area contributed by atoms with E-state index in [9.17, 15) is 4.79 Å². The molecule has 1 saturated heterocycles. The fourth-order valence-electron chi connectivity index (χ4n) is 1.82. The van der Waals surface area contributed by atoms with Crippen LogP contribution in [0, 0.1) is 0 Å². The third kappa shape index (κ3) is 3.84. The first kappa shape index (κ1) is 16.6. The third-order valence-corrected chi connectivity index (χ3v) is 2.95. The molecule has 5 nitrogen and oxygen atoms in total. The van der Waals surface area contributed by atoms with E-state index in [4.69, 9.17) is 7.85 Å². The summed E-state index contributed by atoms with van der Waals surface area (Å²) in [5.74, 6) is 0.105. The minimum atomic E-state index is 0. The molecule has 96 valence electrons. The van der Waals surface area contributed by atoms with Crippen molar-refractivity contribution in [3.05, 3.63) is 29.8 Å². The van der Waals surface area contributed by atoms with Crippen LogP contribution in [0.1, 0.15) is 10.4 Å². The molecule has 6 heteroatoms. The molecule has 1 heterocycles. The van der Waals surface area contributed by atoms with Gasteiger partial charge in [-0.3, -0.25) is 0 Å². The molecule has 0 radical (unpaired) electrons. The second-order valence-electron chi connectivity index (χ2n) is 4.22. The summed E-state index contributed by atoms with van der Waals surface area (Å²) in [5, 5.41) is 0. The first-order valence-electron chi connectivity index (χ1n) is 5.50. The Morgan fingerprint density at radius 2 is 1.56 bits per heavy atom. The molecule has 0 atom stereocenters. The summed E-state index contributed by atoms with van der Waals surface area (Å²) in [6, 6.07) is 7.11. The summed E-state index contributed by atoms with van der Waals surface area (Å²) in [5.41, 5.74) is 1.41. The van der Waals surface area contributed by atoms with Crippen LogP contribution in [0.4, 0.5) is 0 Å². The molecule has 1 aromatic rings. The quantitative estimate of drug-likeness (QED) is 0.628. The number of carbonyl (C=O) groups is 1. The maximum absolute atomic E-state index is 12.1. The molecule has 1 amide bonds. The van der Waals surface area contributed by atoms with Gasteiger partial charge in [0.15, 0.2) is 0 Å². The standard InChI is InChI=1S/C12H15BN2O.2H2O/c1-14-6-8-15(9-7-14)12(16)10-2-4-11(13)5-3-10;;/h2-5H,6-9H2,1H3;2*1H2/q+2;;/p-2. The van der Waals surface area contributed by atoms with E-state index in [1.54, 1.807) is 24.3 Å². The van der Waals surface area contributed by atoms with Gasteiger partial charge in [-0.1, -0.05) is 0 Å². The van der Waals surface area contributed by atoms with E-state index in [0.29, 0.717) is 5.46 Å². The van der Waals surface area contributed by atoms with Gasteiger partial charge in [-0.25, -0.2) is 0 Å². The number of nitrogens with zero attached hydrogens (tertiary/aromatic N) is 2. The van der Waals surface area contributed by atoms with Crippen LogP contribution in [-0.2, 0) is 0 Å². The van der Waals surface area contributed by atoms with Crippen molar-refractivity contribution in [3.63, 3.8) is 0 Å². The minimum absolute atomic E-state index is 0. The van der Waals surface area contributed by atoms with Crippen LogP contribution < -0.4 is 5.46 Å². The Hall–Kier alpha value is -1.37. The zero-order chi connectivity index (χ0) is 11.5. The Labute approximate surface area is 108 Å². The van der Waals surface area contributed by atoms with Crippen LogP contribution >= 0.6 is 0 Å². The topological polar surface area (TPSA) is 83.6 Å². The number of benzene rings is 1. The first-order chi connectivity index (χ1) is 7.66. The van der Waals surface area contributed by atoms with Crippen molar-refractivity contribution in [3.8, 4) is 0 Å². The van der Waals surface area contributed by atoms with Crippen LogP contribution in [0.2, 0.25) is 0 Å². The number of piperazine rings is 1. The fourth-order valence-corrected chi connectivity index (χ4v) is 1.82. The van der Waals surface area contributed by atoms with Crippen LogP contribution in [0.15, 0.2) is 24.3 Å². The van der Waals surface area contributed by atoms with Crippen molar-refractivity contribution in [2.24, 2.45) is 0 Å². The fraction of sp³-hybridized carbons (Fsp3) is 0.417. The van der Waals surface area contributed by atoms with E-state index in [2.05, 4.69) is 11.9 Å². The molecule has 0 spiro atoms. The molecule has 0 bridgehead atoms. The van der Waals surface area contributed by atoms with Gasteiger partial charge in [0.25, 0.3) is 0 Å². The molecule has 0 aliphatic carbocycles. The Morgan fingerprint density at radius 1 is 1.06 bits per heavy atom. The van der Waals surface area contributed by atoms with Gasteiger partial charge in [0, 0.05) is 0 Å². The van der Waals surface area contributed by atoms with Crippen molar-refractivity contribution >= 4 is 19.2 Å². The maximum atomic E-state index is 12.1. The van der Waals surface area contributed by atoms with Crippen molar-refractivity contribution in [1.82, 2.24) is 9.80 Å². The van der Waals surface area contributed by atoms with Gasteiger partial charge in [0.1, 0.15) is 0 Å². The van der Waals surface area contributed by atoms with Crippen LogP contribution in [-0.4, -0.2) is 67.7 Å². The first-order valence-corrected chi connectivity index (χ1v) is 5.50. The molecule has 1 fully saturated rings. The molecule has 1 aromatic carbocycles. The zero-order valence-electron chi connectivity index (χ0n) is 10.4. The largest absolute Gasteiger partial charge is 0.870 e. The SMILES string of the molecule is [B+2]c1ccc(C(=O)N2CCN(C)CC2)cc1.[OH-].[OH-]. The third-order valence-electron chi connectivity index (χ3n) is 2.95. The van der Waals surface area contributed by atoms with Crippen molar-refractivity contribution in [2.45, 2.75) is 0 Å². The van der Waals surface area contributed by atoms with Gasteiger partial charge in [-0.2, -0.15) is 0 Å². The Kier molecular flexibility index (Phi) is 6.61. The van der Waals surface area contributed by atoms with Gasteiger partial charge in [0.2, 0.25) is 0 Å². The van der Waals surface area contributed by atoms with Crippen LogP contribution in [0.5, 0.6) is 0 Å². The van der Waals surface area contributed by atoms with E-state index < -0.39 is 0 Å². The second kappa shape index (κ2) is 7.15. The summed E-state index contributed by atoms with van der Waals surface area (Å²) >= 11 is 0. The molecule has 2 N–H and O–H groups in total. The van der Waals surface area contributed by atoms with Gasteiger partial charge in [0.05, 0.1) is 0 Å². The van der Waals surface area contributed by atoms with E-state index in [0.717, 1.165) is 31.7 Å². The summed E-state index contributed by atoms with van der Waals surface area (Å²) in [6.07, 6.45) is 0. The number of hydrogen-bond acceptors (Lipinski definition) is 4. The zero-order valence-corrected chi connectivity index (χ0v) is 10.4. The number of rotatable bonds is 1. The minimum Gasteiger partial charge on any atom is -0.870 e. The molecular weight excluding hydrogens is 231 g/mol. The number of carbonyl (C=O) groups excluding carboxylic acids is 1. The van der Waals surface area contributed by atoms with E-state index in [1.807, 2.05) is 4.90 Å². The second-order valence-corrected chi connectivity index (χ2v) is 4.22. The van der Waals surface area contributed by atoms with E-state index in [1.165, 1.54) is 0 Å². The van der Waals surface area contributed by atoms with Gasteiger partial charge in [-0.05, 0) is 0 Å². The van der Waals surface area contributed by atoms with Gasteiger partial charge >= 0.3 is 96.9 Å². The monoisotopic (exact) mass is 248 g/mol. The average molecular weight is 248 g/mol. The van der Waals surface area contributed by atoms with Crippen molar-refractivity contribution in [1.29, 1.82) is 0 Å². The Balaban J connectivity index is 0.00000144. The summed E-state index contributed by atoms with van der Waals surface area (Å²) in [7, 11) is 7.67. The normalized spacial score (nSPS) is 15.6. The molecular formula is C12H17BN2O3. The molecule has 0 unspecified atom stereocenters. The average Bonchev–Trinajstić information content (AvgIpc) is 2.30. The smallest absolute Gasteiger partial charge is 0.870 e. The number of likely N-dealkylation sites (N-methyl/N-ethyl adjacent to an activating group) is 1. The van der Waals surface area contributed by atoms with Crippen molar-refractivity contribution in [2.75, 3.05) is 33.2 Å². The van der Waals surface area contributed by atoms with E-state index in [-0.39, 0.29) is 16.9 Å². The summed E-state index contributed by atoms with van der Waals surface area (Å²) in [4.78, 5) is 16.2. The Morgan fingerprint density at radius 3 is 2.06 bits per heavy atom. The maximum Gasteiger partial charge on any atom is -0.870 e. The van der Waals surface area contributed by atoms with Gasteiger partial charge in [-0.15, -0.1) is 0 Å². The van der Waals surface area contributed by atoms with Crippen LogP contribution in [0.25, 0.3) is 0 Å². The molecule has 1 aliphatic heterocycles. The summed E-state index contributed by atoms with van der Waals surface area (Å²) < 4.78 is 0. The Bertz CT molecular complexity index is 375. The van der Waals surface area contributed by atoms with E-state index >= 15 is 0 Å². The van der Waals surface area contributed by atoms with Crippen LogP contribution in [0.3, 0.4) is 0 Å². The molecule has 0 saturated carbocycles.